The molecule has 0 aliphatic rings. The van der Waals surface area contributed by atoms with Crippen LogP contribution in [0.5, 0.6) is 0 Å². The summed E-state index contributed by atoms with van der Waals surface area (Å²) < 4.78 is 2.45. The zero-order valence-corrected chi connectivity index (χ0v) is 18.3. The molecule has 0 N–H and O–H groups in total. The number of thioether (sulfide) groups is 4. The molecule has 0 fully saturated rings. The van der Waals surface area contributed by atoms with Gasteiger partial charge >= 0.3 is 0 Å². The van der Waals surface area contributed by atoms with Gasteiger partial charge in [0.05, 0.1) is 0 Å². The van der Waals surface area contributed by atoms with E-state index in [1.54, 1.807) is 23.5 Å². The molecule has 0 saturated carbocycles. The van der Waals surface area contributed by atoms with E-state index in [2.05, 4.69) is 24.3 Å². The van der Waals surface area contributed by atoms with Gasteiger partial charge in [0.2, 0.25) is 0 Å². The van der Waals surface area contributed by atoms with Crippen molar-refractivity contribution in [3.63, 3.8) is 0 Å². The maximum absolute atomic E-state index is 5.40. The van der Waals surface area contributed by atoms with Gasteiger partial charge in [0.1, 0.15) is 10.6 Å². The number of rotatable bonds is 4. The Labute approximate surface area is 176 Å². The monoisotopic (exact) mass is 442 g/mol. The van der Waals surface area contributed by atoms with Crippen LogP contribution in [0.1, 0.15) is 11.1 Å². The minimum Gasteiger partial charge on any atom is -0.103 e. The quantitative estimate of drug-likeness (QED) is 0.454. The Hall–Kier alpha value is 0.110. The van der Waals surface area contributed by atoms with E-state index >= 15 is 0 Å². The molecular formula is C17H14S7. The highest BCUT2D eigenvalue weighted by Crippen LogP contribution is 2.31. The van der Waals surface area contributed by atoms with E-state index < -0.39 is 0 Å². The molecule has 2 aromatic carbocycles. The number of hydrogen-bond donors (Lipinski definition) is 0. The van der Waals surface area contributed by atoms with Gasteiger partial charge in [0.15, 0.2) is 0 Å². The van der Waals surface area contributed by atoms with Gasteiger partial charge in [0.25, 0.3) is 0 Å². The molecule has 0 aliphatic carbocycles. The zero-order valence-electron chi connectivity index (χ0n) is 12.5. The van der Waals surface area contributed by atoms with Gasteiger partial charge in [-0.1, -0.05) is 121 Å². The molecule has 0 amide bonds. The second-order valence-electron chi connectivity index (χ2n) is 4.50. The Balaban J connectivity index is 1.66. The molecule has 0 aromatic heterocycles. The van der Waals surface area contributed by atoms with Crippen LogP contribution in [-0.4, -0.2) is 10.6 Å². The first-order valence-corrected chi connectivity index (χ1v) is 11.8. The lowest BCUT2D eigenvalue weighted by Crippen LogP contribution is -1.92. The van der Waals surface area contributed by atoms with Crippen LogP contribution < -0.4 is 0 Å². The van der Waals surface area contributed by atoms with E-state index in [1.807, 2.05) is 36.4 Å². The standard InChI is InChI=1S/C17H14S7/c18-15(21-11-13-7-3-1-4-8-13)23-17(20)24-16(19)22-12-14-9-5-2-6-10-14/h1-10H,11-12H2. The highest BCUT2D eigenvalue weighted by Gasteiger charge is 2.09. The summed E-state index contributed by atoms with van der Waals surface area (Å²) in [6.45, 7) is 0. The summed E-state index contributed by atoms with van der Waals surface area (Å²) >= 11 is 22.4. The van der Waals surface area contributed by atoms with Crippen molar-refractivity contribution in [2.75, 3.05) is 0 Å². The summed E-state index contributed by atoms with van der Waals surface area (Å²) in [7, 11) is 0. The van der Waals surface area contributed by atoms with Crippen molar-refractivity contribution in [3.05, 3.63) is 71.8 Å². The van der Waals surface area contributed by atoms with Gasteiger partial charge in [-0.25, -0.2) is 0 Å². The Morgan fingerprint density at radius 3 is 1.33 bits per heavy atom. The Morgan fingerprint density at radius 2 is 0.958 bits per heavy atom. The minimum absolute atomic E-state index is 0.770. The first kappa shape index (κ1) is 20.4. The average molecular weight is 443 g/mol. The largest absolute Gasteiger partial charge is 0.116 e. The summed E-state index contributed by atoms with van der Waals surface area (Å²) in [6.07, 6.45) is 0. The summed E-state index contributed by atoms with van der Waals surface area (Å²) in [6, 6.07) is 20.6. The minimum atomic E-state index is 0.770. The van der Waals surface area contributed by atoms with Gasteiger partial charge in [0, 0.05) is 11.5 Å². The molecule has 7 heteroatoms. The fourth-order valence-electron chi connectivity index (χ4n) is 1.65. The van der Waals surface area contributed by atoms with Gasteiger partial charge in [-0.15, -0.1) is 23.5 Å². The normalized spacial score (nSPS) is 10.3. The molecule has 0 spiro atoms. The van der Waals surface area contributed by atoms with Crippen LogP contribution in [-0.2, 0) is 11.5 Å². The summed E-state index contributed by atoms with van der Waals surface area (Å²) in [4.78, 5) is 0. The van der Waals surface area contributed by atoms with Gasteiger partial charge in [-0.05, 0) is 11.1 Å². The van der Waals surface area contributed by atoms with E-state index in [0.717, 1.165) is 22.1 Å². The Kier molecular flexibility index (Phi) is 9.93. The third-order valence-electron chi connectivity index (χ3n) is 2.73. The van der Waals surface area contributed by atoms with Gasteiger partial charge < -0.3 is 0 Å². The molecule has 0 aliphatic heterocycles. The van der Waals surface area contributed by atoms with Crippen LogP contribution in [0.15, 0.2) is 60.7 Å². The zero-order chi connectivity index (χ0) is 17.2. The average Bonchev–Trinajstić information content (AvgIpc) is 2.60. The molecule has 24 heavy (non-hydrogen) atoms. The molecular weight excluding hydrogens is 429 g/mol. The maximum atomic E-state index is 5.40. The summed E-state index contributed by atoms with van der Waals surface area (Å²) in [5.74, 6) is 1.74. The number of thiocarbonyl (C=S) groups is 3. The van der Waals surface area contributed by atoms with Crippen molar-refractivity contribution in [3.8, 4) is 0 Å². The molecule has 0 bridgehead atoms. The second-order valence-corrected chi connectivity index (χ2v) is 12.1. The van der Waals surface area contributed by atoms with Crippen LogP contribution in [0.25, 0.3) is 0 Å². The fourth-order valence-corrected chi connectivity index (χ4v) is 7.49. The van der Waals surface area contributed by atoms with Crippen LogP contribution in [0, 0.1) is 0 Å². The molecule has 2 rings (SSSR count). The van der Waals surface area contributed by atoms with Crippen LogP contribution in [0.2, 0.25) is 0 Å². The predicted molar refractivity (Wildman–Crippen MR) is 128 cm³/mol. The van der Waals surface area contributed by atoms with Crippen molar-refractivity contribution in [1.82, 2.24) is 0 Å². The lowest BCUT2D eigenvalue weighted by atomic mass is 10.2. The highest BCUT2D eigenvalue weighted by atomic mass is 32.3. The fraction of sp³-hybridized carbons (Fsp3) is 0.118. The van der Waals surface area contributed by atoms with E-state index in [0.29, 0.717) is 0 Å². The third kappa shape index (κ3) is 8.47. The SMILES string of the molecule is S=C(SCc1ccccc1)SC(=S)SC(=S)SCc1ccccc1. The van der Waals surface area contributed by atoms with Gasteiger partial charge in [-0.2, -0.15) is 0 Å². The highest BCUT2D eigenvalue weighted by molar-refractivity contribution is 8.69. The van der Waals surface area contributed by atoms with Crippen molar-refractivity contribution in [2.45, 2.75) is 11.5 Å². The first-order chi connectivity index (χ1) is 11.6. The van der Waals surface area contributed by atoms with Crippen LogP contribution >= 0.6 is 83.7 Å². The first-order valence-electron chi connectivity index (χ1n) is 6.94. The molecule has 0 heterocycles. The van der Waals surface area contributed by atoms with Crippen molar-refractivity contribution in [2.24, 2.45) is 0 Å². The Morgan fingerprint density at radius 1 is 0.583 bits per heavy atom. The molecule has 0 nitrogen and oxygen atoms in total. The number of hydrogen-bond acceptors (Lipinski definition) is 7. The lowest BCUT2D eigenvalue weighted by Gasteiger charge is -2.06. The molecule has 2 aromatic rings. The molecule has 124 valence electrons. The van der Waals surface area contributed by atoms with Crippen molar-refractivity contribution >= 4 is 94.3 Å². The van der Waals surface area contributed by atoms with Crippen molar-refractivity contribution < 1.29 is 0 Å². The van der Waals surface area contributed by atoms with Crippen molar-refractivity contribution in [1.29, 1.82) is 0 Å². The maximum Gasteiger partial charge on any atom is 0.116 e. The third-order valence-corrected chi connectivity index (χ3v) is 8.24. The van der Waals surface area contributed by atoms with Crippen LogP contribution in [0.4, 0.5) is 0 Å². The van der Waals surface area contributed by atoms with E-state index in [9.17, 15) is 0 Å². The number of benzene rings is 2. The Bertz CT molecular complexity index is 623. The lowest BCUT2D eigenvalue weighted by molar-refractivity contribution is 1.43. The predicted octanol–water partition coefficient (Wildman–Crippen LogP) is 7.17. The van der Waals surface area contributed by atoms with E-state index in [1.165, 1.54) is 34.7 Å². The smallest absolute Gasteiger partial charge is 0.103 e. The van der Waals surface area contributed by atoms with E-state index in [4.69, 9.17) is 36.7 Å². The second kappa shape index (κ2) is 11.7. The summed E-state index contributed by atoms with van der Waals surface area (Å²) in [5.41, 5.74) is 2.52. The molecule has 0 atom stereocenters. The van der Waals surface area contributed by atoms with Crippen LogP contribution in [0.3, 0.4) is 0 Å². The summed E-state index contributed by atoms with van der Waals surface area (Å²) in [5, 5.41) is 0. The topological polar surface area (TPSA) is 0 Å². The van der Waals surface area contributed by atoms with E-state index in [-0.39, 0.29) is 0 Å². The molecule has 0 unspecified atom stereocenters. The molecule has 0 saturated heterocycles. The van der Waals surface area contributed by atoms with Gasteiger partial charge in [-0.3, -0.25) is 0 Å². The molecule has 0 radical (unpaired) electrons.